The van der Waals surface area contributed by atoms with Gasteiger partial charge in [0.2, 0.25) is 5.88 Å². The monoisotopic (exact) mass is 301 g/mol. The Labute approximate surface area is 128 Å². The molecule has 116 valence electrons. The number of benzene rings is 1. The molecule has 1 aromatic heterocycles. The van der Waals surface area contributed by atoms with Crippen LogP contribution >= 0.6 is 0 Å². The highest BCUT2D eigenvalue weighted by Gasteiger charge is 2.21. The Bertz CT molecular complexity index is 619. The number of carbonyl (C=O) groups is 1. The van der Waals surface area contributed by atoms with Gasteiger partial charge in [0.25, 0.3) is 5.91 Å². The summed E-state index contributed by atoms with van der Waals surface area (Å²) >= 11 is 0. The van der Waals surface area contributed by atoms with Gasteiger partial charge in [-0.2, -0.15) is 0 Å². The van der Waals surface area contributed by atoms with Crippen molar-refractivity contribution in [2.45, 2.75) is 18.9 Å². The number of carbonyl (C=O) groups excluding carboxylic acids is 1. The van der Waals surface area contributed by atoms with E-state index in [2.05, 4.69) is 5.10 Å². The summed E-state index contributed by atoms with van der Waals surface area (Å²) < 4.78 is 7.17. The molecule has 0 spiro atoms. The lowest BCUT2D eigenvalue weighted by atomic mass is 10.1. The Morgan fingerprint density at radius 3 is 2.68 bits per heavy atom. The maximum atomic E-state index is 12.0. The standard InChI is InChI=1S/C16H19N3O3/c20-14-6-9-18(10-7-14)16(21)12-22-15-8-11-19(17-15)13-4-2-1-3-5-13/h1-5,8,11,14,20H,6-7,9-10,12H2. The lowest BCUT2D eigenvalue weighted by molar-refractivity contribution is -0.135. The molecule has 2 heterocycles. The lowest BCUT2D eigenvalue weighted by Crippen LogP contribution is -2.42. The first-order chi connectivity index (χ1) is 10.7. The van der Waals surface area contributed by atoms with Crippen LogP contribution < -0.4 is 4.74 Å². The van der Waals surface area contributed by atoms with Crippen molar-refractivity contribution >= 4 is 5.91 Å². The van der Waals surface area contributed by atoms with Crippen LogP contribution in [0.4, 0.5) is 0 Å². The van der Waals surface area contributed by atoms with Crippen molar-refractivity contribution in [3.63, 3.8) is 0 Å². The number of para-hydroxylation sites is 1. The molecule has 1 saturated heterocycles. The fourth-order valence-electron chi connectivity index (χ4n) is 2.45. The van der Waals surface area contributed by atoms with Crippen molar-refractivity contribution in [3.05, 3.63) is 42.6 Å². The first-order valence-electron chi connectivity index (χ1n) is 7.42. The van der Waals surface area contributed by atoms with Gasteiger partial charge in [-0.05, 0) is 25.0 Å². The molecular weight excluding hydrogens is 282 g/mol. The van der Waals surface area contributed by atoms with Gasteiger partial charge < -0.3 is 14.7 Å². The van der Waals surface area contributed by atoms with Crippen LogP contribution in [0.3, 0.4) is 0 Å². The molecule has 0 aliphatic carbocycles. The zero-order valence-corrected chi connectivity index (χ0v) is 12.3. The van der Waals surface area contributed by atoms with Crippen molar-refractivity contribution in [2.24, 2.45) is 0 Å². The van der Waals surface area contributed by atoms with E-state index < -0.39 is 0 Å². The van der Waals surface area contributed by atoms with Crippen LogP contribution in [0.5, 0.6) is 5.88 Å². The van der Waals surface area contributed by atoms with Gasteiger partial charge in [0, 0.05) is 25.4 Å². The number of hydrogen-bond donors (Lipinski definition) is 1. The molecule has 1 fully saturated rings. The van der Waals surface area contributed by atoms with E-state index >= 15 is 0 Å². The highest BCUT2D eigenvalue weighted by molar-refractivity contribution is 5.77. The van der Waals surface area contributed by atoms with E-state index in [1.54, 1.807) is 21.8 Å². The molecular formula is C16H19N3O3. The van der Waals surface area contributed by atoms with Gasteiger partial charge in [-0.1, -0.05) is 18.2 Å². The van der Waals surface area contributed by atoms with Crippen molar-refractivity contribution < 1.29 is 14.6 Å². The van der Waals surface area contributed by atoms with E-state index in [0.29, 0.717) is 31.8 Å². The largest absolute Gasteiger partial charge is 0.466 e. The van der Waals surface area contributed by atoms with Gasteiger partial charge in [0.1, 0.15) is 0 Å². The Kier molecular flexibility index (Phi) is 4.39. The number of nitrogens with zero attached hydrogens (tertiary/aromatic N) is 3. The maximum absolute atomic E-state index is 12.0. The summed E-state index contributed by atoms with van der Waals surface area (Å²) in [5, 5.41) is 13.7. The molecule has 0 atom stereocenters. The third-order valence-electron chi connectivity index (χ3n) is 3.75. The number of hydrogen-bond acceptors (Lipinski definition) is 4. The summed E-state index contributed by atoms with van der Waals surface area (Å²) in [4.78, 5) is 13.8. The minimum absolute atomic E-state index is 0.0259. The van der Waals surface area contributed by atoms with Crippen LogP contribution in [0.25, 0.3) is 5.69 Å². The van der Waals surface area contributed by atoms with E-state index in [4.69, 9.17) is 4.74 Å². The fourth-order valence-corrected chi connectivity index (χ4v) is 2.45. The number of aliphatic hydroxyl groups excluding tert-OH is 1. The zero-order chi connectivity index (χ0) is 15.4. The molecule has 3 rings (SSSR count). The van der Waals surface area contributed by atoms with E-state index in [9.17, 15) is 9.90 Å². The second-order valence-electron chi connectivity index (χ2n) is 5.33. The maximum Gasteiger partial charge on any atom is 0.260 e. The molecule has 6 heteroatoms. The normalized spacial score (nSPS) is 15.8. The molecule has 0 bridgehead atoms. The molecule has 0 unspecified atom stereocenters. The summed E-state index contributed by atoms with van der Waals surface area (Å²) in [6, 6.07) is 11.4. The van der Waals surface area contributed by atoms with Crippen molar-refractivity contribution in [3.8, 4) is 11.6 Å². The SMILES string of the molecule is O=C(COc1ccn(-c2ccccc2)n1)N1CCC(O)CC1. The van der Waals surface area contributed by atoms with E-state index in [0.717, 1.165) is 5.69 Å². The van der Waals surface area contributed by atoms with Crippen molar-refractivity contribution in [1.29, 1.82) is 0 Å². The van der Waals surface area contributed by atoms with Crippen LogP contribution in [-0.2, 0) is 4.79 Å². The number of amides is 1. The number of aliphatic hydroxyl groups is 1. The number of aromatic nitrogens is 2. The van der Waals surface area contributed by atoms with E-state index in [-0.39, 0.29) is 18.6 Å². The van der Waals surface area contributed by atoms with Crippen LogP contribution in [0.15, 0.2) is 42.6 Å². The minimum atomic E-state index is -0.286. The highest BCUT2D eigenvalue weighted by atomic mass is 16.5. The van der Waals surface area contributed by atoms with E-state index in [1.165, 1.54) is 0 Å². The van der Waals surface area contributed by atoms with Gasteiger partial charge in [-0.15, -0.1) is 5.10 Å². The molecule has 1 aliphatic heterocycles. The third kappa shape index (κ3) is 3.46. The minimum Gasteiger partial charge on any atom is -0.466 e. The molecule has 1 N–H and O–H groups in total. The molecule has 0 radical (unpaired) electrons. The van der Waals surface area contributed by atoms with Crippen molar-refractivity contribution in [1.82, 2.24) is 14.7 Å². The smallest absolute Gasteiger partial charge is 0.260 e. The first-order valence-corrected chi connectivity index (χ1v) is 7.42. The number of rotatable bonds is 4. The van der Waals surface area contributed by atoms with Crippen molar-refractivity contribution in [2.75, 3.05) is 19.7 Å². The van der Waals surface area contributed by atoms with Crippen LogP contribution in [0, 0.1) is 0 Å². The Balaban J connectivity index is 1.54. The fraction of sp³-hybridized carbons (Fsp3) is 0.375. The zero-order valence-electron chi connectivity index (χ0n) is 12.3. The lowest BCUT2D eigenvalue weighted by Gasteiger charge is -2.29. The molecule has 1 aliphatic rings. The number of ether oxygens (including phenoxy) is 1. The highest BCUT2D eigenvalue weighted by Crippen LogP contribution is 2.13. The first kappa shape index (κ1) is 14.6. The Morgan fingerprint density at radius 2 is 1.95 bits per heavy atom. The quantitative estimate of drug-likeness (QED) is 0.922. The topological polar surface area (TPSA) is 67.6 Å². The molecule has 1 aromatic carbocycles. The Hall–Kier alpha value is -2.34. The second kappa shape index (κ2) is 6.62. The average molecular weight is 301 g/mol. The molecule has 6 nitrogen and oxygen atoms in total. The van der Waals surface area contributed by atoms with Crippen LogP contribution in [-0.4, -0.2) is 51.5 Å². The Morgan fingerprint density at radius 1 is 1.23 bits per heavy atom. The van der Waals surface area contributed by atoms with Gasteiger partial charge >= 0.3 is 0 Å². The summed E-state index contributed by atoms with van der Waals surface area (Å²) in [6.07, 6.45) is 2.78. The van der Waals surface area contributed by atoms with Crippen LogP contribution in [0.2, 0.25) is 0 Å². The number of likely N-dealkylation sites (tertiary alicyclic amines) is 1. The van der Waals surface area contributed by atoms with Gasteiger partial charge in [-0.25, -0.2) is 4.68 Å². The third-order valence-corrected chi connectivity index (χ3v) is 3.75. The van der Waals surface area contributed by atoms with Gasteiger partial charge in [-0.3, -0.25) is 4.79 Å². The molecule has 22 heavy (non-hydrogen) atoms. The number of piperidine rings is 1. The summed E-state index contributed by atoms with van der Waals surface area (Å²) in [5.74, 6) is 0.357. The van der Waals surface area contributed by atoms with Crippen LogP contribution in [0.1, 0.15) is 12.8 Å². The average Bonchev–Trinajstić information content (AvgIpc) is 3.03. The summed E-state index contributed by atoms with van der Waals surface area (Å²) in [5.41, 5.74) is 0.939. The molecule has 2 aromatic rings. The van der Waals surface area contributed by atoms with E-state index in [1.807, 2.05) is 30.3 Å². The predicted molar refractivity (Wildman–Crippen MR) is 80.9 cm³/mol. The van der Waals surface area contributed by atoms with Gasteiger partial charge in [0.15, 0.2) is 6.61 Å². The second-order valence-corrected chi connectivity index (χ2v) is 5.33. The molecule has 1 amide bonds. The summed E-state index contributed by atoms with van der Waals surface area (Å²) in [6.45, 7) is 1.14. The summed E-state index contributed by atoms with van der Waals surface area (Å²) in [7, 11) is 0. The predicted octanol–water partition coefficient (Wildman–Crippen LogP) is 1.23. The van der Waals surface area contributed by atoms with Gasteiger partial charge in [0.05, 0.1) is 11.8 Å². The molecule has 0 saturated carbocycles.